The van der Waals surface area contributed by atoms with Crippen LogP contribution in [0.5, 0.6) is 0 Å². The van der Waals surface area contributed by atoms with Crippen LogP contribution in [0.15, 0.2) is 42.5 Å². The molecule has 0 saturated carbocycles. The summed E-state index contributed by atoms with van der Waals surface area (Å²) in [5, 5.41) is 14.6. The summed E-state index contributed by atoms with van der Waals surface area (Å²) in [5.74, 6) is 0. The fourth-order valence-electron chi connectivity index (χ4n) is 3.05. The number of amides is 2. The molecule has 1 saturated heterocycles. The number of piperazine rings is 1. The lowest BCUT2D eigenvalue weighted by atomic mass is 10.1. The van der Waals surface area contributed by atoms with Crippen LogP contribution in [0.25, 0.3) is 0 Å². The highest BCUT2D eigenvalue weighted by Gasteiger charge is 2.23. The molecule has 2 amide bonds. The lowest BCUT2D eigenvalue weighted by molar-refractivity contribution is -0.385. The van der Waals surface area contributed by atoms with Crippen molar-refractivity contribution in [3.05, 3.63) is 68.7 Å². The number of hydrogen-bond acceptors (Lipinski definition) is 4. The first-order valence-corrected chi connectivity index (χ1v) is 9.08. The van der Waals surface area contributed by atoms with Gasteiger partial charge in [0.05, 0.1) is 4.92 Å². The molecular formula is C19H21ClN4O3. The van der Waals surface area contributed by atoms with Gasteiger partial charge < -0.3 is 10.2 Å². The summed E-state index contributed by atoms with van der Waals surface area (Å²) in [6.07, 6.45) is 0. The van der Waals surface area contributed by atoms with E-state index in [-0.39, 0.29) is 16.6 Å². The van der Waals surface area contributed by atoms with Gasteiger partial charge in [-0.05, 0) is 24.6 Å². The molecule has 0 spiro atoms. The molecule has 0 unspecified atom stereocenters. The first-order valence-electron chi connectivity index (χ1n) is 8.71. The van der Waals surface area contributed by atoms with Gasteiger partial charge in [-0.3, -0.25) is 15.0 Å². The van der Waals surface area contributed by atoms with Gasteiger partial charge >= 0.3 is 6.03 Å². The molecule has 0 aliphatic carbocycles. The minimum atomic E-state index is -0.355. The van der Waals surface area contributed by atoms with Gasteiger partial charge in [-0.2, -0.15) is 0 Å². The zero-order valence-electron chi connectivity index (χ0n) is 15.0. The molecule has 3 rings (SSSR count). The second-order valence-electron chi connectivity index (χ2n) is 6.54. The number of nitro benzene ring substituents is 1. The maximum absolute atomic E-state index is 12.4. The molecule has 0 aromatic heterocycles. The first-order chi connectivity index (χ1) is 12.9. The van der Waals surface area contributed by atoms with Crippen molar-refractivity contribution in [1.82, 2.24) is 9.80 Å². The van der Waals surface area contributed by atoms with E-state index in [0.29, 0.717) is 49.0 Å². The summed E-state index contributed by atoms with van der Waals surface area (Å²) in [5.41, 5.74) is 2.44. The van der Waals surface area contributed by atoms with Gasteiger partial charge in [-0.15, -0.1) is 0 Å². The summed E-state index contributed by atoms with van der Waals surface area (Å²) in [4.78, 5) is 27.1. The molecule has 27 heavy (non-hydrogen) atoms. The maximum Gasteiger partial charge on any atom is 0.321 e. The molecular weight excluding hydrogens is 368 g/mol. The Morgan fingerprint density at radius 1 is 1.19 bits per heavy atom. The normalized spacial score (nSPS) is 14.8. The van der Waals surface area contributed by atoms with E-state index in [9.17, 15) is 14.9 Å². The number of carbonyl (C=O) groups excluding carboxylic acids is 1. The largest absolute Gasteiger partial charge is 0.322 e. The number of benzene rings is 2. The van der Waals surface area contributed by atoms with Crippen molar-refractivity contribution < 1.29 is 9.72 Å². The van der Waals surface area contributed by atoms with E-state index in [4.69, 9.17) is 11.6 Å². The fourth-order valence-corrected chi connectivity index (χ4v) is 3.23. The number of rotatable bonds is 4. The van der Waals surface area contributed by atoms with Crippen LogP contribution < -0.4 is 5.32 Å². The van der Waals surface area contributed by atoms with Crippen molar-refractivity contribution >= 4 is 29.0 Å². The number of urea groups is 1. The average molecular weight is 389 g/mol. The molecule has 1 heterocycles. The molecule has 1 aliphatic rings. The topological polar surface area (TPSA) is 78.7 Å². The third kappa shape index (κ3) is 4.75. The van der Waals surface area contributed by atoms with Crippen LogP contribution in [-0.2, 0) is 6.54 Å². The molecule has 0 radical (unpaired) electrons. The number of aryl methyl sites for hydroxylation is 1. The number of nitro groups is 1. The first kappa shape index (κ1) is 19.1. The van der Waals surface area contributed by atoms with Crippen LogP contribution in [0.4, 0.5) is 16.2 Å². The molecule has 0 bridgehead atoms. The van der Waals surface area contributed by atoms with E-state index in [2.05, 4.69) is 10.2 Å². The van der Waals surface area contributed by atoms with Gasteiger partial charge in [-0.1, -0.05) is 35.9 Å². The molecule has 2 aromatic carbocycles. The Kier molecular flexibility index (Phi) is 5.93. The summed E-state index contributed by atoms with van der Waals surface area (Å²) in [6, 6.07) is 12.0. The summed E-state index contributed by atoms with van der Waals surface area (Å²) in [6.45, 7) is 4.85. The second kappa shape index (κ2) is 8.37. The second-order valence-corrected chi connectivity index (χ2v) is 6.95. The molecule has 8 heteroatoms. The molecule has 0 atom stereocenters. The Labute approximate surface area is 162 Å². The number of hydrogen-bond donors (Lipinski definition) is 1. The Balaban J connectivity index is 1.55. The number of para-hydroxylation sites is 1. The van der Waals surface area contributed by atoms with Crippen molar-refractivity contribution in [1.29, 1.82) is 0 Å². The summed E-state index contributed by atoms with van der Waals surface area (Å²) < 4.78 is 0. The summed E-state index contributed by atoms with van der Waals surface area (Å²) in [7, 11) is 0. The lowest BCUT2D eigenvalue weighted by Crippen LogP contribution is -2.49. The van der Waals surface area contributed by atoms with Gasteiger partial charge in [0.15, 0.2) is 0 Å². The van der Waals surface area contributed by atoms with Crippen molar-refractivity contribution in [2.45, 2.75) is 13.5 Å². The fraction of sp³-hybridized carbons (Fsp3) is 0.316. The highest BCUT2D eigenvalue weighted by atomic mass is 35.5. The standard InChI is InChI=1S/C19H21ClN4O3/c1-14-6-7-16(12-17(14)20)21-19(25)23-10-8-22(9-11-23)13-15-4-2-3-5-18(15)24(26)27/h2-7,12H,8-11,13H2,1H3,(H,21,25). The van der Waals surface area contributed by atoms with Crippen molar-refractivity contribution in [2.24, 2.45) is 0 Å². The van der Waals surface area contributed by atoms with E-state index in [1.165, 1.54) is 6.07 Å². The van der Waals surface area contributed by atoms with Crippen LogP contribution in [0.2, 0.25) is 5.02 Å². The quantitative estimate of drug-likeness (QED) is 0.636. The average Bonchev–Trinajstić information content (AvgIpc) is 2.65. The van der Waals surface area contributed by atoms with E-state index >= 15 is 0 Å². The van der Waals surface area contributed by atoms with Crippen LogP contribution in [0.1, 0.15) is 11.1 Å². The number of halogens is 1. The smallest absolute Gasteiger partial charge is 0.321 e. The minimum Gasteiger partial charge on any atom is -0.322 e. The molecule has 2 aromatic rings. The molecule has 1 N–H and O–H groups in total. The van der Waals surface area contributed by atoms with Gasteiger partial charge in [0, 0.05) is 55.1 Å². The van der Waals surface area contributed by atoms with Gasteiger partial charge in [0.2, 0.25) is 0 Å². The van der Waals surface area contributed by atoms with Crippen molar-refractivity contribution in [3.63, 3.8) is 0 Å². The van der Waals surface area contributed by atoms with Crippen molar-refractivity contribution in [3.8, 4) is 0 Å². The number of nitrogens with zero attached hydrogens (tertiary/aromatic N) is 3. The van der Waals surface area contributed by atoms with E-state index in [0.717, 1.165) is 5.56 Å². The highest BCUT2D eigenvalue weighted by Crippen LogP contribution is 2.22. The Bertz CT molecular complexity index is 851. The number of anilines is 1. The molecule has 142 valence electrons. The van der Waals surface area contributed by atoms with Gasteiger partial charge in [-0.25, -0.2) is 4.79 Å². The predicted octanol–water partition coefficient (Wildman–Crippen LogP) is 3.91. The minimum absolute atomic E-state index is 0.133. The number of nitrogens with one attached hydrogen (secondary N) is 1. The predicted molar refractivity (Wildman–Crippen MR) is 105 cm³/mol. The Morgan fingerprint density at radius 2 is 1.89 bits per heavy atom. The Morgan fingerprint density at radius 3 is 2.56 bits per heavy atom. The zero-order chi connectivity index (χ0) is 19.4. The van der Waals surface area contributed by atoms with E-state index < -0.39 is 0 Å². The van der Waals surface area contributed by atoms with Gasteiger partial charge in [0.25, 0.3) is 5.69 Å². The zero-order valence-corrected chi connectivity index (χ0v) is 15.8. The van der Waals surface area contributed by atoms with Crippen LogP contribution in [0, 0.1) is 17.0 Å². The van der Waals surface area contributed by atoms with Crippen molar-refractivity contribution in [2.75, 3.05) is 31.5 Å². The molecule has 7 nitrogen and oxygen atoms in total. The van der Waals surface area contributed by atoms with Crippen LogP contribution in [-0.4, -0.2) is 46.9 Å². The van der Waals surface area contributed by atoms with Gasteiger partial charge in [0.1, 0.15) is 0 Å². The summed E-state index contributed by atoms with van der Waals surface area (Å²) >= 11 is 6.09. The van der Waals surface area contributed by atoms with Crippen LogP contribution in [0.3, 0.4) is 0 Å². The van der Waals surface area contributed by atoms with E-state index in [1.807, 2.05) is 19.1 Å². The monoisotopic (exact) mass is 388 g/mol. The molecule has 1 aliphatic heterocycles. The maximum atomic E-state index is 12.4. The third-order valence-corrected chi connectivity index (χ3v) is 5.07. The highest BCUT2D eigenvalue weighted by molar-refractivity contribution is 6.31. The van der Waals surface area contributed by atoms with Crippen LogP contribution >= 0.6 is 11.6 Å². The lowest BCUT2D eigenvalue weighted by Gasteiger charge is -2.34. The number of carbonyl (C=O) groups is 1. The van der Waals surface area contributed by atoms with E-state index in [1.54, 1.807) is 29.2 Å². The Hall–Kier alpha value is -2.64. The third-order valence-electron chi connectivity index (χ3n) is 4.66. The SMILES string of the molecule is Cc1ccc(NC(=O)N2CCN(Cc3ccccc3[N+](=O)[O-])CC2)cc1Cl. The molecule has 1 fully saturated rings.